The van der Waals surface area contributed by atoms with Gasteiger partial charge in [0.1, 0.15) is 0 Å². The zero-order chi connectivity index (χ0) is 10.7. The third kappa shape index (κ3) is 3.97. The second-order valence-electron chi connectivity index (χ2n) is 4.25. The molecule has 15 heavy (non-hydrogen) atoms. The maximum Gasteiger partial charge on any atom is 0.237 e. The molecule has 1 fully saturated rings. The molecule has 1 aliphatic rings. The van der Waals surface area contributed by atoms with Gasteiger partial charge in [0, 0.05) is 6.61 Å². The first kappa shape index (κ1) is 14.7. The van der Waals surface area contributed by atoms with Gasteiger partial charge in [-0.05, 0) is 19.3 Å². The molecule has 0 bridgehead atoms. The Morgan fingerprint density at radius 3 is 2.53 bits per heavy atom. The van der Waals surface area contributed by atoms with Crippen LogP contribution in [-0.2, 0) is 9.53 Å². The predicted molar refractivity (Wildman–Crippen MR) is 62.0 cm³/mol. The largest absolute Gasteiger partial charge is 0.376 e. The number of ether oxygens (including phenoxy) is 1. The lowest BCUT2D eigenvalue weighted by Gasteiger charge is -2.20. The van der Waals surface area contributed by atoms with Crippen LogP contribution in [0.15, 0.2) is 0 Å². The molecular formula is C10H21ClN2O2. The van der Waals surface area contributed by atoms with Gasteiger partial charge in [0.05, 0.1) is 18.2 Å². The molecule has 2 unspecified atom stereocenters. The Hall–Kier alpha value is -0.320. The maximum absolute atomic E-state index is 11.6. The highest BCUT2D eigenvalue weighted by Gasteiger charge is 2.28. The fourth-order valence-corrected chi connectivity index (χ4v) is 1.50. The molecule has 0 aromatic rings. The van der Waals surface area contributed by atoms with Crippen LogP contribution in [0, 0.1) is 5.92 Å². The molecular weight excluding hydrogens is 216 g/mol. The lowest BCUT2D eigenvalue weighted by Crippen LogP contribution is -2.49. The fraction of sp³-hybridized carbons (Fsp3) is 0.900. The summed E-state index contributed by atoms with van der Waals surface area (Å²) < 4.78 is 5.35. The van der Waals surface area contributed by atoms with Crippen LogP contribution >= 0.6 is 12.4 Å². The smallest absolute Gasteiger partial charge is 0.237 e. The van der Waals surface area contributed by atoms with Crippen LogP contribution < -0.4 is 11.1 Å². The first-order valence-corrected chi connectivity index (χ1v) is 5.20. The molecule has 1 heterocycles. The van der Waals surface area contributed by atoms with E-state index in [1.807, 2.05) is 20.8 Å². The summed E-state index contributed by atoms with van der Waals surface area (Å²) in [7, 11) is 0. The molecule has 0 aromatic carbocycles. The van der Waals surface area contributed by atoms with E-state index in [0.29, 0.717) is 0 Å². The quantitative estimate of drug-likeness (QED) is 0.758. The van der Waals surface area contributed by atoms with Crippen LogP contribution in [0.5, 0.6) is 0 Å². The lowest BCUT2D eigenvalue weighted by molar-refractivity contribution is -0.124. The van der Waals surface area contributed by atoms with Crippen molar-refractivity contribution in [3.63, 3.8) is 0 Å². The van der Waals surface area contributed by atoms with Crippen molar-refractivity contribution in [3.8, 4) is 0 Å². The number of nitrogens with two attached hydrogens (primary N) is 1. The topological polar surface area (TPSA) is 64.3 Å². The van der Waals surface area contributed by atoms with Crippen LogP contribution in [0.3, 0.4) is 0 Å². The van der Waals surface area contributed by atoms with E-state index in [4.69, 9.17) is 10.5 Å². The van der Waals surface area contributed by atoms with Crippen LogP contribution in [0.25, 0.3) is 0 Å². The summed E-state index contributed by atoms with van der Waals surface area (Å²) in [6.45, 7) is 6.58. The van der Waals surface area contributed by atoms with Gasteiger partial charge in [-0.3, -0.25) is 4.79 Å². The standard InChI is InChI=1S/C10H20N2O2.ClH/c1-6(2)9(11)10(13)12-8-4-5-14-7(8)3;/h6-9H,4-5,11H2,1-3H3,(H,12,13);1H/t7?,8?,9-;/m0./s1. The average Bonchev–Trinajstić information content (AvgIpc) is 2.50. The SMILES string of the molecule is CC1OCCC1NC(=O)[C@@H](N)C(C)C.Cl. The van der Waals surface area contributed by atoms with E-state index in [9.17, 15) is 4.79 Å². The first-order chi connectivity index (χ1) is 6.52. The second-order valence-corrected chi connectivity index (χ2v) is 4.25. The van der Waals surface area contributed by atoms with Gasteiger partial charge in [-0.2, -0.15) is 0 Å². The normalized spacial score (nSPS) is 27.3. The van der Waals surface area contributed by atoms with Crippen molar-refractivity contribution in [1.29, 1.82) is 0 Å². The van der Waals surface area contributed by atoms with Gasteiger partial charge in [0.25, 0.3) is 0 Å². The van der Waals surface area contributed by atoms with Gasteiger partial charge >= 0.3 is 0 Å². The highest BCUT2D eigenvalue weighted by atomic mass is 35.5. The third-order valence-electron chi connectivity index (χ3n) is 2.72. The molecule has 0 saturated carbocycles. The number of nitrogens with one attached hydrogen (secondary N) is 1. The molecule has 1 rings (SSSR count). The summed E-state index contributed by atoms with van der Waals surface area (Å²) in [4.78, 5) is 11.6. The molecule has 1 saturated heterocycles. The number of halogens is 1. The molecule has 4 nitrogen and oxygen atoms in total. The Bertz CT molecular complexity index is 212. The van der Waals surface area contributed by atoms with Crippen LogP contribution in [0.4, 0.5) is 0 Å². The van der Waals surface area contributed by atoms with Gasteiger partial charge in [-0.15, -0.1) is 12.4 Å². The second kappa shape index (κ2) is 6.30. The molecule has 3 atom stereocenters. The zero-order valence-corrected chi connectivity index (χ0v) is 10.3. The Kier molecular flexibility index (Phi) is 6.17. The summed E-state index contributed by atoms with van der Waals surface area (Å²) in [5.41, 5.74) is 5.73. The highest BCUT2D eigenvalue weighted by Crippen LogP contribution is 2.13. The van der Waals surface area contributed by atoms with E-state index >= 15 is 0 Å². The van der Waals surface area contributed by atoms with Crippen molar-refractivity contribution in [2.24, 2.45) is 11.7 Å². The Morgan fingerprint density at radius 2 is 2.13 bits per heavy atom. The number of hydrogen-bond donors (Lipinski definition) is 2. The lowest BCUT2D eigenvalue weighted by atomic mass is 10.0. The van der Waals surface area contributed by atoms with Crippen molar-refractivity contribution in [2.45, 2.75) is 45.4 Å². The Balaban J connectivity index is 0.00000196. The summed E-state index contributed by atoms with van der Waals surface area (Å²) in [6, 6.07) is -0.282. The molecule has 90 valence electrons. The predicted octanol–water partition coefficient (Wildman–Crippen LogP) is 0.685. The van der Waals surface area contributed by atoms with Gasteiger partial charge in [0.15, 0.2) is 0 Å². The van der Waals surface area contributed by atoms with E-state index in [1.54, 1.807) is 0 Å². The van der Waals surface area contributed by atoms with Crippen LogP contribution in [-0.4, -0.2) is 30.7 Å². The minimum atomic E-state index is -0.414. The minimum absolute atomic E-state index is 0. The molecule has 3 N–H and O–H groups in total. The first-order valence-electron chi connectivity index (χ1n) is 5.20. The molecule has 0 spiro atoms. The van der Waals surface area contributed by atoms with E-state index in [0.717, 1.165) is 13.0 Å². The molecule has 1 amide bonds. The summed E-state index contributed by atoms with van der Waals surface area (Å²) in [5.74, 6) is 0.106. The molecule has 0 aromatic heterocycles. The molecule has 0 aliphatic carbocycles. The van der Waals surface area contributed by atoms with Crippen molar-refractivity contribution >= 4 is 18.3 Å². The maximum atomic E-state index is 11.6. The Labute approximate surface area is 97.3 Å². The minimum Gasteiger partial charge on any atom is -0.376 e. The number of carbonyl (C=O) groups excluding carboxylic acids is 1. The van der Waals surface area contributed by atoms with E-state index in [1.165, 1.54) is 0 Å². The summed E-state index contributed by atoms with van der Waals surface area (Å²) in [6.07, 6.45) is 0.996. The van der Waals surface area contributed by atoms with E-state index in [-0.39, 0.29) is 36.4 Å². The van der Waals surface area contributed by atoms with Crippen molar-refractivity contribution in [2.75, 3.05) is 6.61 Å². The van der Waals surface area contributed by atoms with Gasteiger partial charge in [-0.1, -0.05) is 13.8 Å². The summed E-state index contributed by atoms with van der Waals surface area (Å²) in [5, 5.41) is 2.92. The molecule has 5 heteroatoms. The number of rotatable bonds is 3. The Morgan fingerprint density at radius 1 is 1.53 bits per heavy atom. The number of carbonyl (C=O) groups is 1. The van der Waals surface area contributed by atoms with Crippen LogP contribution in [0.1, 0.15) is 27.2 Å². The van der Waals surface area contributed by atoms with Crippen molar-refractivity contribution in [3.05, 3.63) is 0 Å². The fourth-order valence-electron chi connectivity index (χ4n) is 1.50. The van der Waals surface area contributed by atoms with Gasteiger partial charge < -0.3 is 15.8 Å². The number of hydrogen-bond acceptors (Lipinski definition) is 3. The summed E-state index contributed by atoms with van der Waals surface area (Å²) >= 11 is 0. The van der Waals surface area contributed by atoms with Crippen molar-refractivity contribution < 1.29 is 9.53 Å². The van der Waals surface area contributed by atoms with E-state index < -0.39 is 6.04 Å². The highest BCUT2D eigenvalue weighted by molar-refractivity contribution is 5.85. The molecule has 0 radical (unpaired) electrons. The molecule has 1 aliphatic heterocycles. The number of amides is 1. The van der Waals surface area contributed by atoms with Gasteiger partial charge in [0.2, 0.25) is 5.91 Å². The van der Waals surface area contributed by atoms with Crippen LogP contribution in [0.2, 0.25) is 0 Å². The van der Waals surface area contributed by atoms with Gasteiger partial charge in [-0.25, -0.2) is 0 Å². The zero-order valence-electron chi connectivity index (χ0n) is 9.53. The monoisotopic (exact) mass is 236 g/mol. The van der Waals surface area contributed by atoms with E-state index in [2.05, 4.69) is 5.32 Å². The average molecular weight is 237 g/mol. The van der Waals surface area contributed by atoms with Crippen molar-refractivity contribution in [1.82, 2.24) is 5.32 Å². The third-order valence-corrected chi connectivity index (χ3v) is 2.72.